The van der Waals surface area contributed by atoms with Gasteiger partial charge < -0.3 is 19.5 Å². The highest BCUT2D eigenvalue weighted by molar-refractivity contribution is 6.03. The summed E-state index contributed by atoms with van der Waals surface area (Å²) in [5.41, 5.74) is 1.59. The lowest BCUT2D eigenvalue weighted by Gasteiger charge is -2.12. The minimum absolute atomic E-state index is 0.185. The third-order valence-corrected chi connectivity index (χ3v) is 3.83. The molecule has 0 spiro atoms. The zero-order valence-corrected chi connectivity index (χ0v) is 15.6. The van der Waals surface area contributed by atoms with Crippen molar-refractivity contribution in [2.24, 2.45) is 0 Å². The van der Waals surface area contributed by atoms with Gasteiger partial charge in [-0.2, -0.15) is 0 Å². The number of hydrogen-bond acceptors (Lipinski definition) is 6. The third-order valence-electron chi connectivity index (χ3n) is 3.83. The monoisotopic (exact) mass is 371 g/mol. The van der Waals surface area contributed by atoms with Gasteiger partial charge in [0.2, 0.25) is 5.91 Å². The molecule has 2 aromatic carbocycles. The van der Waals surface area contributed by atoms with Crippen LogP contribution in [0, 0.1) is 6.92 Å². The van der Waals surface area contributed by atoms with Gasteiger partial charge in [-0.05, 0) is 36.8 Å². The Labute approximate surface area is 157 Å². The van der Waals surface area contributed by atoms with E-state index in [2.05, 4.69) is 5.32 Å². The number of hydrogen-bond donors (Lipinski definition) is 1. The molecule has 0 heterocycles. The van der Waals surface area contributed by atoms with Crippen LogP contribution >= 0.6 is 0 Å². The van der Waals surface area contributed by atoms with E-state index < -0.39 is 18.4 Å². The summed E-state index contributed by atoms with van der Waals surface area (Å²) in [5.74, 6) is -0.499. The second kappa shape index (κ2) is 8.84. The summed E-state index contributed by atoms with van der Waals surface area (Å²) in [5, 5.41) is 2.61. The Balaban J connectivity index is 2.13. The molecule has 0 aromatic heterocycles. The van der Waals surface area contributed by atoms with E-state index in [-0.39, 0.29) is 11.5 Å². The fourth-order valence-electron chi connectivity index (χ4n) is 2.48. The number of ether oxygens (including phenoxy) is 3. The number of para-hydroxylation sites is 1. The van der Waals surface area contributed by atoms with E-state index >= 15 is 0 Å². The van der Waals surface area contributed by atoms with Crippen molar-refractivity contribution in [2.75, 3.05) is 26.1 Å². The second-order valence-corrected chi connectivity index (χ2v) is 5.75. The molecule has 0 saturated carbocycles. The molecule has 142 valence electrons. The lowest BCUT2D eigenvalue weighted by molar-refractivity contribution is -0.114. The van der Waals surface area contributed by atoms with E-state index in [0.29, 0.717) is 28.3 Å². The van der Waals surface area contributed by atoms with Crippen molar-refractivity contribution >= 4 is 23.3 Å². The Morgan fingerprint density at radius 3 is 2.33 bits per heavy atom. The first-order valence-corrected chi connectivity index (χ1v) is 8.17. The van der Waals surface area contributed by atoms with Gasteiger partial charge in [-0.1, -0.05) is 12.1 Å². The largest absolute Gasteiger partial charge is 0.493 e. The zero-order chi connectivity index (χ0) is 20.0. The first-order valence-electron chi connectivity index (χ1n) is 8.17. The maximum Gasteiger partial charge on any atom is 0.340 e. The minimum Gasteiger partial charge on any atom is -0.493 e. The number of esters is 1. The molecule has 0 aliphatic carbocycles. The molecule has 2 aromatic rings. The van der Waals surface area contributed by atoms with Gasteiger partial charge in [0.25, 0.3) is 0 Å². The van der Waals surface area contributed by atoms with Crippen molar-refractivity contribution in [2.45, 2.75) is 13.8 Å². The molecule has 0 aliphatic heterocycles. The van der Waals surface area contributed by atoms with Crippen LogP contribution in [-0.4, -0.2) is 38.5 Å². The summed E-state index contributed by atoms with van der Waals surface area (Å²) in [6.07, 6.45) is 0. The van der Waals surface area contributed by atoms with Crippen molar-refractivity contribution < 1.29 is 28.6 Å². The van der Waals surface area contributed by atoms with Crippen LogP contribution in [0.4, 0.5) is 5.69 Å². The molecule has 1 N–H and O–H groups in total. The number of aryl methyl sites for hydroxylation is 1. The summed E-state index contributed by atoms with van der Waals surface area (Å²) < 4.78 is 15.4. The molecule has 1 amide bonds. The summed E-state index contributed by atoms with van der Waals surface area (Å²) in [6.45, 7) is 2.67. The van der Waals surface area contributed by atoms with Gasteiger partial charge in [0.05, 0.1) is 25.5 Å². The van der Waals surface area contributed by atoms with Crippen LogP contribution < -0.4 is 14.8 Å². The minimum atomic E-state index is -0.698. The van der Waals surface area contributed by atoms with Crippen LogP contribution in [0.2, 0.25) is 0 Å². The van der Waals surface area contributed by atoms with Gasteiger partial charge in [-0.25, -0.2) is 4.79 Å². The smallest absolute Gasteiger partial charge is 0.340 e. The number of Topliss-reactive ketones (excluding diaryl/α,β-unsaturated/α-hetero) is 1. The second-order valence-electron chi connectivity index (χ2n) is 5.75. The van der Waals surface area contributed by atoms with E-state index in [0.717, 1.165) is 0 Å². The van der Waals surface area contributed by atoms with Gasteiger partial charge in [0.15, 0.2) is 23.9 Å². The van der Waals surface area contributed by atoms with Crippen LogP contribution in [0.25, 0.3) is 0 Å². The zero-order valence-electron chi connectivity index (χ0n) is 15.6. The maximum absolute atomic E-state index is 12.4. The molecule has 27 heavy (non-hydrogen) atoms. The molecule has 0 bridgehead atoms. The van der Waals surface area contributed by atoms with Crippen LogP contribution in [0.3, 0.4) is 0 Å². The van der Waals surface area contributed by atoms with Gasteiger partial charge in [0.1, 0.15) is 0 Å². The Hall–Kier alpha value is -3.35. The van der Waals surface area contributed by atoms with E-state index in [9.17, 15) is 14.4 Å². The normalized spacial score (nSPS) is 10.1. The van der Waals surface area contributed by atoms with E-state index in [4.69, 9.17) is 14.2 Å². The number of ketones is 1. The standard InChI is InChI=1S/C20H21NO6/c1-12-6-5-7-15(19(12)21-13(2)22)20(24)27-11-16(23)14-8-9-17(25-3)18(10-14)26-4/h5-10H,11H2,1-4H3,(H,21,22). The van der Waals surface area contributed by atoms with Gasteiger partial charge in [-0.15, -0.1) is 0 Å². The maximum atomic E-state index is 12.4. The highest BCUT2D eigenvalue weighted by Crippen LogP contribution is 2.28. The number of rotatable bonds is 7. The van der Waals surface area contributed by atoms with Crippen molar-refractivity contribution in [1.29, 1.82) is 0 Å². The molecule has 7 nitrogen and oxygen atoms in total. The lowest BCUT2D eigenvalue weighted by atomic mass is 10.1. The van der Waals surface area contributed by atoms with Crippen molar-refractivity contribution in [3.8, 4) is 11.5 Å². The number of carbonyl (C=O) groups is 3. The quantitative estimate of drug-likeness (QED) is 0.594. The van der Waals surface area contributed by atoms with Crippen molar-refractivity contribution in [1.82, 2.24) is 0 Å². The summed E-state index contributed by atoms with van der Waals surface area (Å²) in [4.78, 5) is 36.1. The Bertz CT molecular complexity index is 875. The Morgan fingerprint density at radius 1 is 1.00 bits per heavy atom. The molecular weight excluding hydrogens is 350 g/mol. The number of methoxy groups -OCH3 is 2. The van der Waals surface area contributed by atoms with Crippen molar-refractivity contribution in [3.63, 3.8) is 0 Å². The molecule has 0 saturated heterocycles. The SMILES string of the molecule is COc1ccc(C(=O)COC(=O)c2cccc(C)c2NC(C)=O)cc1OC. The average molecular weight is 371 g/mol. The molecule has 0 unspecified atom stereocenters. The predicted molar refractivity (Wildman–Crippen MR) is 99.6 cm³/mol. The average Bonchev–Trinajstić information content (AvgIpc) is 2.66. The highest BCUT2D eigenvalue weighted by atomic mass is 16.5. The molecule has 0 aliphatic rings. The molecular formula is C20H21NO6. The summed E-state index contributed by atoms with van der Waals surface area (Å²) >= 11 is 0. The van der Waals surface area contributed by atoms with Gasteiger partial charge >= 0.3 is 5.97 Å². The Kier molecular flexibility index (Phi) is 6.54. The molecule has 2 rings (SSSR count). The predicted octanol–water partition coefficient (Wildman–Crippen LogP) is 3.01. The lowest BCUT2D eigenvalue weighted by Crippen LogP contribution is -2.17. The fourth-order valence-corrected chi connectivity index (χ4v) is 2.48. The topological polar surface area (TPSA) is 90.9 Å². The van der Waals surface area contributed by atoms with Crippen LogP contribution in [0.5, 0.6) is 11.5 Å². The molecule has 0 radical (unpaired) electrons. The molecule has 0 atom stereocenters. The highest BCUT2D eigenvalue weighted by Gasteiger charge is 2.18. The number of anilines is 1. The fraction of sp³-hybridized carbons (Fsp3) is 0.250. The Morgan fingerprint density at radius 2 is 1.70 bits per heavy atom. The number of carbonyl (C=O) groups excluding carboxylic acids is 3. The molecule has 0 fully saturated rings. The van der Waals surface area contributed by atoms with E-state index in [1.54, 1.807) is 31.2 Å². The number of benzene rings is 2. The van der Waals surface area contributed by atoms with Gasteiger partial charge in [-0.3, -0.25) is 9.59 Å². The first-order chi connectivity index (χ1) is 12.9. The van der Waals surface area contributed by atoms with E-state index in [1.165, 1.54) is 33.3 Å². The van der Waals surface area contributed by atoms with E-state index in [1.807, 2.05) is 0 Å². The van der Waals surface area contributed by atoms with Crippen LogP contribution in [-0.2, 0) is 9.53 Å². The van der Waals surface area contributed by atoms with Crippen LogP contribution in [0.1, 0.15) is 33.2 Å². The number of nitrogens with one attached hydrogen (secondary N) is 1. The van der Waals surface area contributed by atoms with Crippen LogP contribution in [0.15, 0.2) is 36.4 Å². The first kappa shape index (κ1) is 20.0. The summed E-state index contributed by atoms with van der Waals surface area (Å²) in [7, 11) is 2.96. The number of amides is 1. The summed E-state index contributed by atoms with van der Waals surface area (Å²) in [6, 6.07) is 9.65. The third kappa shape index (κ3) is 4.84. The molecule has 7 heteroatoms. The van der Waals surface area contributed by atoms with Crippen molar-refractivity contribution in [3.05, 3.63) is 53.1 Å². The van der Waals surface area contributed by atoms with Gasteiger partial charge in [0, 0.05) is 12.5 Å².